The minimum atomic E-state index is -0.324. The first-order chi connectivity index (χ1) is 10.3. The average Bonchev–Trinajstić information content (AvgIpc) is 3.11. The standard InChI is InChI=1S/C15H14N4O2/c16-14(20)10-5-3-7-19(10)15-13-12(17-8-18-15)9-4-1-2-6-11(9)21-13/h1-2,4,6,8,10H,3,5,7H2,(H2,16,20). The number of carbonyl (C=O) groups is 1. The Balaban J connectivity index is 1.95. The van der Waals surface area contributed by atoms with E-state index in [1.54, 1.807) is 0 Å². The van der Waals surface area contributed by atoms with Crippen LogP contribution in [0.1, 0.15) is 12.8 Å². The molecular weight excluding hydrogens is 268 g/mol. The molecule has 6 nitrogen and oxygen atoms in total. The van der Waals surface area contributed by atoms with Crippen LogP contribution in [0.2, 0.25) is 0 Å². The maximum atomic E-state index is 11.6. The lowest BCUT2D eigenvalue weighted by Gasteiger charge is -2.22. The summed E-state index contributed by atoms with van der Waals surface area (Å²) in [4.78, 5) is 22.2. The van der Waals surface area contributed by atoms with Crippen molar-refractivity contribution in [2.75, 3.05) is 11.4 Å². The lowest BCUT2D eigenvalue weighted by atomic mass is 10.2. The lowest BCUT2D eigenvalue weighted by Crippen LogP contribution is -2.40. The van der Waals surface area contributed by atoms with Crippen LogP contribution in [0.25, 0.3) is 22.1 Å². The van der Waals surface area contributed by atoms with Gasteiger partial charge in [-0.15, -0.1) is 0 Å². The molecule has 21 heavy (non-hydrogen) atoms. The first-order valence-electron chi connectivity index (χ1n) is 6.94. The van der Waals surface area contributed by atoms with Crippen LogP contribution in [0.15, 0.2) is 35.0 Å². The number of fused-ring (bicyclic) bond motifs is 3. The van der Waals surface area contributed by atoms with Gasteiger partial charge in [-0.25, -0.2) is 9.97 Å². The Labute approximate surface area is 120 Å². The Hall–Kier alpha value is -2.63. The molecule has 2 aromatic heterocycles. The zero-order valence-corrected chi connectivity index (χ0v) is 11.3. The Bertz CT molecular complexity index is 842. The highest BCUT2D eigenvalue weighted by Crippen LogP contribution is 2.34. The van der Waals surface area contributed by atoms with Crippen LogP contribution in [0.3, 0.4) is 0 Å². The summed E-state index contributed by atoms with van der Waals surface area (Å²) in [6.45, 7) is 0.747. The summed E-state index contributed by atoms with van der Waals surface area (Å²) in [6, 6.07) is 7.40. The van der Waals surface area contributed by atoms with Gasteiger partial charge in [-0.1, -0.05) is 12.1 Å². The van der Waals surface area contributed by atoms with Gasteiger partial charge in [0.15, 0.2) is 11.4 Å². The molecule has 1 aliphatic rings. The predicted octanol–water partition coefficient (Wildman–Crippen LogP) is 1.83. The van der Waals surface area contributed by atoms with Gasteiger partial charge < -0.3 is 15.1 Å². The van der Waals surface area contributed by atoms with E-state index in [1.807, 2.05) is 29.2 Å². The van der Waals surface area contributed by atoms with E-state index >= 15 is 0 Å². The Morgan fingerprint density at radius 1 is 1.33 bits per heavy atom. The Morgan fingerprint density at radius 2 is 2.19 bits per heavy atom. The molecule has 6 heteroatoms. The van der Waals surface area contributed by atoms with Gasteiger partial charge in [0.1, 0.15) is 23.5 Å². The molecule has 106 valence electrons. The van der Waals surface area contributed by atoms with E-state index < -0.39 is 0 Å². The fourth-order valence-corrected chi connectivity index (χ4v) is 3.03. The fraction of sp³-hybridized carbons (Fsp3) is 0.267. The zero-order valence-electron chi connectivity index (χ0n) is 11.3. The number of benzene rings is 1. The second-order valence-electron chi connectivity index (χ2n) is 5.23. The van der Waals surface area contributed by atoms with Gasteiger partial charge >= 0.3 is 0 Å². The fourth-order valence-electron chi connectivity index (χ4n) is 3.03. The van der Waals surface area contributed by atoms with E-state index in [0.717, 1.165) is 35.9 Å². The number of nitrogens with zero attached hydrogens (tertiary/aromatic N) is 3. The number of amides is 1. The van der Waals surface area contributed by atoms with E-state index in [2.05, 4.69) is 9.97 Å². The lowest BCUT2D eigenvalue weighted by molar-refractivity contribution is -0.119. The van der Waals surface area contributed by atoms with Crippen LogP contribution in [0.4, 0.5) is 5.82 Å². The molecule has 1 fully saturated rings. The second kappa shape index (κ2) is 4.44. The number of hydrogen-bond donors (Lipinski definition) is 1. The molecule has 4 rings (SSSR count). The van der Waals surface area contributed by atoms with Crippen molar-refractivity contribution < 1.29 is 9.21 Å². The SMILES string of the molecule is NC(=O)C1CCCN1c1ncnc2c1oc1ccccc12. The van der Waals surface area contributed by atoms with E-state index in [9.17, 15) is 4.79 Å². The van der Waals surface area contributed by atoms with Crippen LogP contribution in [0.5, 0.6) is 0 Å². The smallest absolute Gasteiger partial charge is 0.240 e. The normalized spacial score (nSPS) is 18.7. The summed E-state index contributed by atoms with van der Waals surface area (Å²) < 4.78 is 5.91. The number of rotatable bonds is 2. The minimum Gasteiger partial charge on any atom is -0.450 e. The molecule has 1 amide bonds. The van der Waals surface area contributed by atoms with Crippen molar-refractivity contribution in [1.29, 1.82) is 0 Å². The van der Waals surface area contributed by atoms with E-state index in [4.69, 9.17) is 10.2 Å². The molecule has 1 unspecified atom stereocenters. The maximum Gasteiger partial charge on any atom is 0.240 e. The predicted molar refractivity (Wildman–Crippen MR) is 78.9 cm³/mol. The molecule has 1 aliphatic heterocycles. The van der Waals surface area contributed by atoms with Gasteiger partial charge in [0.05, 0.1) is 0 Å². The molecule has 2 N–H and O–H groups in total. The zero-order chi connectivity index (χ0) is 14.4. The van der Waals surface area contributed by atoms with Crippen LogP contribution in [0, 0.1) is 0 Å². The van der Waals surface area contributed by atoms with E-state index in [0.29, 0.717) is 11.4 Å². The third kappa shape index (κ3) is 1.75. The number of para-hydroxylation sites is 1. The molecule has 3 heterocycles. The minimum absolute atomic E-state index is 0.323. The van der Waals surface area contributed by atoms with Crippen molar-refractivity contribution in [3.63, 3.8) is 0 Å². The first kappa shape index (κ1) is 12.1. The average molecular weight is 282 g/mol. The molecule has 0 saturated carbocycles. The van der Waals surface area contributed by atoms with Gasteiger partial charge in [-0.3, -0.25) is 4.79 Å². The number of hydrogen-bond acceptors (Lipinski definition) is 5. The highest BCUT2D eigenvalue weighted by Gasteiger charge is 2.32. The summed E-state index contributed by atoms with van der Waals surface area (Å²) in [7, 11) is 0. The monoisotopic (exact) mass is 282 g/mol. The Morgan fingerprint density at radius 3 is 3.05 bits per heavy atom. The number of nitrogens with two attached hydrogens (primary N) is 1. The van der Waals surface area contributed by atoms with Crippen LogP contribution in [-0.2, 0) is 4.79 Å². The summed E-state index contributed by atoms with van der Waals surface area (Å²) in [5.74, 6) is 0.327. The molecular formula is C15H14N4O2. The van der Waals surface area contributed by atoms with Gasteiger partial charge in [-0.2, -0.15) is 0 Å². The molecule has 1 aromatic carbocycles. The van der Waals surface area contributed by atoms with Crippen LogP contribution >= 0.6 is 0 Å². The van der Waals surface area contributed by atoms with E-state index in [1.165, 1.54) is 6.33 Å². The molecule has 1 atom stereocenters. The molecule has 0 spiro atoms. The molecule has 3 aromatic rings. The number of carbonyl (C=O) groups excluding carboxylic acids is 1. The highest BCUT2D eigenvalue weighted by molar-refractivity contribution is 6.06. The topological polar surface area (TPSA) is 85.3 Å². The van der Waals surface area contributed by atoms with Crippen molar-refractivity contribution in [2.45, 2.75) is 18.9 Å². The van der Waals surface area contributed by atoms with Gasteiger partial charge in [0.25, 0.3) is 0 Å². The van der Waals surface area contributed by atoms with Gasteiger partial charge in [0.2, 0.25) is 5.91 Å². The van der Waals surface area contributed by atoms with Gasteiger partial charge in [-0.05, 0) is 25.0 Å². The van der Waals surface area contributed by atoms with Crippen LogP contribution < -0.4 is 10.6 Å². The van der Waals surface area contributed by atoms with E-state index in [-0.39, 0.29) is 11.9 Å². The summed E-state index contributed by atoms with van der Waals surface area (Å²) in [5.41, 5.74) is 7.64. The summed E-state index contributed by atoms with van der Waals surface area (Å²) in [5, 5.41) is 0.950. The largest absolute Gasteiger partial charge is 0.450 e. The quantitative estimate of drug-likeness (QED) is 0.775. The van der Waals surface area contributed by atoms with Crippen molar-refractivity contribution in [2.24, 2.45) is 5.73 Å². The number of aromatic nitrogens is 2. The van der Waals surface area contributed by atoms with Crippen molar-refractivity contribution in [1.82, 2.24) is 9.97 Å². The summed E-state index contributed by atoms with van der Waals surface area (Å²) in [6.07, 6.45) is 3.18. The van der Waals surface area contributed by atoms with Gasteiger partial charge in [0, 0.05) is 11.9 Å². The van der Waals surface area contributed by atoms with Crippen molar-refractivity contribution in [3.05, 3.63) is 30.6 Å². The maximum absolute atomic E-state index is 11.6. The second-order valence-corrected chi connectivity index (χ2v) is 5.23. The molecule has 1 saturated heterocycles. The van der Waals surface area contributed by atoms with Crippen molar-refractivity contribution in [3.8, 4) is 0 Å². The Kier molecular flexibility index (Phi) is 2.57. The number of furan rings is 1. The molecule has 0 aliphatic carbocycles. The molecule has 0 bridgehead atoms. The number of primary amides is 1. The highest BCUT2D eigenvalue weighted by atomic mass is 16.3. The summed E-state index contributed by atoms with van der Waals surface area (Å²) >= 11 is 0. The number of anilines is 1. The molecule has 0 radical (unpaired) electrons. The third-order valence-electron chi connectivity index (χ3n) is 3.99. The van der Waals surface area contributed by atoms with Crippen LogP contribution in [-0.4, -0.2) is 28.5 Å². The third-order valence-corrected chi connectivity index (χ3v) is 3.99. The first-order valence-corrected chi connectivity index (χ1v) is 6.94. The van der Waals surface area contributed by atoms with Crippen molar-refractivity contribution >= 4 is 33.8 Å².